The Bertz CT molecular complexity index is 796. The number of ketones is 1. The summed E-state index contributed by atoms with van der Waals surface area (Å²) in [6.07, 6.45) is -1.91. The van der Waals surface area contributed by atoms with Gasteiger partial charge in [-0.1, -0.05) is 0 Å². The molecule has 0 fully saturated rings. The van der Waals surface area contributed by atoms with E-state index < -0.39 is 18.1 Å². The number of carboxylic acids is 2. The fourth-order valence-corrected chi connectivity index (χ4v) is 1.85. The van der Waals surface area contributed by atoms with Gasteiger partial charge in [0.15, 0.2) is 5.78 Å². The number of carbonyl (C=O) groups excluding carboxylic acids is 1. The first-order valence-electron chi connectivity index (χ1n) is 6.41. The Morgan fingerprint density at radius 1 is 1.25 bits per heavy atom. The highest BCUT2D eigenvalue weighted by Gasteiger charge is 2.38. The van der Waals surface area contributed by atoms with Crippen LogP contribution < -0.4 is 0 Å². The molecule has 0 bridgehead atoms. The van der Waals surface area contributed by atoms with Gasteiger partial charge in [-0.3, -0.25) is 14.6 Å². The number of carbonyl (C=O) groups is 3. The lowest BCUT2D eigenvalue weighted by atomic mass is 10.1. The molecule has 2 N–H and O–H groups in total. The van der Waals surface area contributed by atoms with Crippen LogP contribution in [0.3, 0.4) is 0 Å². The average Bonchev–Trinajstić information content (AvgIpc) is 2.75. The SMILES string of the molecule is CC(=O)c1cn(CC(=O)O)c2cnc(C)cc12.O=C(O)C(F)(F)F. The van der Waals surface area contributed by atoms with Gasteiger partial charge in [0.05, 0.1) is 11.7 Å². The Kier molecular flexibility index (Phi) is 5.67. The highest BCUT2D eigenvalue weighted by Crippen LogP contribution is 2.22. The standard InChI is InChI=1S/C12H12N2O3.C2HF3O2/c1-7-3-9-10(8(2)15)5-14(6-12(16)17)11(9)4-13-7;3-2(4,5)1(6)7/h3-5H,6H2,1-2H3,(H,16,17);(H,6,7). The van der Waals surface area contributed by atoms with E-state index in [1.165, 1.54) is 11.5 Å². The minimum absolute atomic E-state index is 0.0789. The summed E-state index contributed by atoms with van der Waals surface area (Å²) >= 11 is 0. The second-order valence-electron chi connectivity index (χ2n) is 4.77. The number of aromatic nitrogens is 2. The number of Topliss-reactive ketones (excluding diaryl/α,β-unsaturated/α-hetero) is 1. The van der Waals surface area contributed by atoms with Crippen molar-refractivity contribution in [1.29, 1.82) is 0 Å². The van der Waals surface area contributed by atoms with Crippen molar-refractivity contribution in [1.82, 2.24) is 9.55 Å². The van der Waals surface area contributed by atoms with E-state index in [1.807, 2.05) is 6.92 Å². The number of alkyl halides is 3. The zero-order chi connectivity index (χ0) is 18.7. The maximum atomic E-state index is 11.5. The molecule has 0 aliphatic rings. The number of nitrogens with zero attached hydrogens (tertiary/aromatic N) is 2. The second kappa shape index (κ2) is 7.11. The minimum atomic E-state index is -5.08. The summed E-state index contributed by atoms with van der Waals surface area (Å²) in [5.41, 5.74) is 2.00. The van der Waals surface area contributed by atoms with Gasteiger partial charge in [-0.25, -0.2) is 4.79 Å². The van der Waals surface area contributed by atoms with E-state index in [9.17, 15) is 22.8 Å². The summed E-state index contributed by atoms with van der Waals surface area (Å²) in [7, 11) is 0. The number of pyridine rings is 1. The van der Waals surface area contributed by atoms with Gasteiger partial charge >= 0.3 is 18.1 Å². The highest BCUT2D eigenvalue weighted by atomic mass is 19.4. The monoisotopic (exact) mass is 346 g/mol. The molecule has 24 heavy (non-hydrogen) atoms. The van der Waals surface area contributed by atoms with E-state index in [1.54, 1.807) is 18.5 Å². The van der Waals surface area contributed by atoms with Gasteiger partial charge in [-0.15, -0.1) is 0 Å². The van der Waals surface area contributed by atoms with Crippen molar-refractivity contribution in [2.24, 2.45) is 0 Å². The normalized spacial score (nSPS) is 10.9. The first kappa shape index (κ1) is 19.1. The van der Waals surface area contributed by atoms with Crippen LogP contribution in [0.25, 0.3) is 10.9 Å². The maximum absolute atomic E-state index is 11.5. The van der Waals surface area contributed by atoms with Crippen LogP contribution >= 0.6 is 0 Å². The van der Waals surface area contributed by atoms with E-state index in [0.717, 1.165) is 11.1 Å². The van der Waals surface area contributed by atoms with Crippen molar-refractivity contribution >= 4 is 28.6 Å². The molecule has 7 nitrogen and oxygen atoms in total. The molecule has 0 unspecified atom stereocenters. The molecule has 0 saturated heterocycles. The molecular formula is C14H13F3N2O5. The highest BCUT2D eigenvalue weighted by molar-refractivity contribution is 6.07. The predicted octanol–water partition coefficient (Wildman–Crippen LogP) is 2.27. The van der Waals surface area contributed by atoms with E-state index >= 15 is 0 Å². The number of carboxylic acid groups (broad SMARTS) is 2. The molecule has 0 atom stereocenters. The number of fused-ring (bicyclic) bond motifs is 1. The summed E-state index contributed by atoms with van der Waals surface area (Å²) < 4.78 is 33.3. The lowest BCUT2D eigenvalue weighted by Crippen LogP contribution is -2.21. The van der Waals surface area contributed by atoms with E-state index in [-0.39, 0.29) is 12.3 Å². The van der Waals surface area contributed by atoms with Crippen molar-refractivity contribution in [2.45, 2.75) is 26.6 Å². The van der Waals surface area contributed by atoms with Crippen molar-refractivity contribution in [3.8, 4) is 0 Å². The molecule has 130 valence electrons. The van der Waals surface area contributed by atoms with Crippen molar-refractivity contribution in [2.75, 3.05) is 0 Å². The summed E-state index contributed by atoms with van der Waals surface area (Å²) in [5.74, 6) is -3.78. The number of hydrogen-bond acceptors (Lipinski definition) is 4. The first-order chi connectivity index (χ1) is 10.9. The molecule has 0 aromatic carbocycles. The summed E-state index contributed by atoms with van der Waals surface area (Å²) in [5, 5.41) is 16.7. The van der Waals surface area contributed by atoms with Crippen molar-refractivity contribution < 1.29 is 37.8 Å². The van der Waals surface area contributed by atoms with Crippen LogP contribution in [-0.2, 0) is 16.1 Å². The molecule has 2 rings (SSSR count). The molecule has 0 saturated carbocycles. The first-order valence-corrected chi connectivity index (χ1v) is 6.41. The van der Waals surface area contributed by atoms with Crippen LogP contribution in [0.4, 0.5) is 13.2 Å². The Labute approximate surface area is 133 Å². The maximum Gasteiger partial charge on any atom is 0.490 e. The third-order valence-corrected chi connectivity index (χ3v) is 2.83. The number of rotatable bonds is 3. The minimum Gasteiger partial charge on any atom is -0.480 e. The topological polar surface area (TPSA) is 109 Å². The lowest BCUT2D eigenvalue weighted by Gasteiger charge is -2.00. The fraction of sp³-hybridized carbons (Fsp3) is 0.286. The van der Waals surface area contributed by atoms with Gasteiger partial charge in [0.2, 0.25) is 0 Å². The van der Waals surface area contributed by atoms with Crippen LogP contribution in [-0.4, -0.2) is 43.7 Å². The number of aryl methyl sites for hydroxylation is 1. The molecule has 2 aromatic heterocycles. The Hall–Kier alpha value is -2.91. The van der Waals surface area contributed by atoms with Gasteiger partial charge in [0.1, 0.15) is 6.54 Å². The smallest absolute Gasteiger partial charge is 0.480 e. The molecule has 2 aromatic rings. The summed E-state index contributed by atoms with van der Waals surface area (Å²) in [6.45, 7) is 3.13. The van der Waals surface area contributed by atoms with Gasteiger partial charge in [-0.05, 0) is 19.9 Å². The molecule has 0 spiro atoms. The fourth-order valence-electron chi connectivity index (χ4n) is 1.85. The largest absolute Gasteiger partial charge is 0.490 e. The zero-order valence-electron chi connectivity index (χ0n) is 12.6. The Morgan fingerprint density at radius 2 is 1.79 bits per heavy atom. The average molecular weight is 346 g/mol. The Morgan fingerprint density at radius 3 is 2.21 bits per heavy atom. The zero-order valence-corrected chi connectivity index (χ0v) is 12.6. The number of hydrogen-bond donors (Lipinski definition) is 2. The van der Waals surface area contributed by atoms with Gasteiger partial charge in [0, 0.05) is 22.8 Å². The van der Waals surface area contributed by atoms with Crippen LogP contribution in [0.2, 0.25) is 0 Å². The van der Waals surface area contributed by atoms with Gasteiger partial charge in [0.25, 0.3) is 0 Å². The number of aliphatic carboxylic acids is 2. The third-order valence-electron chi connectivity index (χ3n) is 2.83. The van der Waals surface area contributed by atoms with Crippen LogP contribution in [0.15, 0.2) is 18.5 Å². The molecule has 0 radical (unpaired) electrons. The van der Waals surface area contributed by atoms with Gasteiger partial charge < -0.3 is 14.8 Å². The summed E-state index contributed by atoms with van der Waals surface area (Å²) in [4.78, 5) is 35.2. The third kappa shape index (κ3) is 4.80. The van der Waals surface area contributed by atoms with Crippen molar-refractivity contribution in [3.05, 3.63) is 29.7 Å². The second-order valence-corrected chi connectivity index (χ2v) is 4.77. The van der Waals surface area contributed by atoms with E-state index in [4.69, 9.17) is 15.0 Å². The molecule has 0 aliphatic carbocycles. The van der Waals surface area contributed by atoms with E-state index in [2.05, 4.69) is 4.98 Å². The quantitative estimate of drug-likeness (QED) is 0.825. The van der Waals surface area contributed by atoms with Crippen LogP contribution in [0.5, 0.6) is 0 Å². The van der Waals surface area contributed by atoms with E-state index in [0.29, 0.717) is 11.1 Å². The molecule has 2 heterocycles. The molecule has 10 heteroatoms. The molecule has 0 aliphatic heterocycles. The van der Waals surface area contributed by atoms with Crippen LogP contribution in [0.1, 0.15) is 23.0 Å². The van der Waals surface area contributed by atoms with Crippen molar-refractivity contribution in [3.63, 3.8) is 0 Å². The number of halogens is 3. The lowest BCUT2D eigenvalue weighted by molar-refractivity contribution is -0.192. The van der Waals surface area contributed by atoms with Gasteiger partial charge in [-0.2, -0.15) is 13.2 Å². The predicted molar refractivity (Wildman–Crippen MR) is 75.8 cm³/mol. The molecule has 0 amide bonds. The summed E-state index contributed by atoms with van der Waals surface area (Å²) in [6, 6.07) is 1.80. The Balaban J connectivity index is 0.000000351. The molecular weight excluding hydrogens is 333 g/mol. The van der Waals surface area contributed by atoms with Crippen LogP contribution in [0, 0.1) is 6.92 Å².